The van der Waals surface area contributed by atoms with Crippen molar-refractivity contribution < 1.29 is 4.79 Å². The molecule has 2 aromatic heterocycles. The third kappa shape index (κ3) is 4.63. The first-order valence-corrected chi connectivity index (χ1v) is 8.07. The smallest absolute Gasteiger partial charge is 0.315 e. The summed E-state index contributed by atoms with van der Waals surface area (Å²) in [6.45, 7) is 0.876. The molecule has 25 heavy (non-hydrogen) atoms. The van der Waals surface area contributed by atoms with Crippen molar-refractivity contribution >= 4 is 6.03 Å². The molecule has 2 N–H and O–H groups in total. The summed E-state index contributed by atoms with van der Waals surface area (Å²) in [4.78, 5) is 20.6. The van der Waals surface area contributed by atoms with E-state index in [9.17, 15) is 4.79 Å². The third-order valence-electron chi connectivity index (χ3n) is 3.71. The fourth-order valence-electron chi connectivity index (χ4n) is 2.47. The Morgan fingerprint density at radius 2 is 1.92 bits per heavy atom. The number of urea groups is 1. The zero-order chi connectivity index (χ0) is 17.5. The van der Waals surface area contributed by atoms with E-state index >= 15 is 0 Å². The number of aryl methyl sites for hydroxylation is 1. The lowest BCUT2D eigenvalue weighted by atomic mass is 10.1. The van der Waals surface area contributed by atoms with Crippen molar-refractivity contribution in [2.75, 3.05) is 6.54 Å². The predicted octanol–water partition coefficient (Wildman–Crippen LogP) is 1.92. The Bertz CT molecular complexity index is 830. The minimum atomic E-state index is -0.223. The molecule has 3 aromatic rings. The van der Waals surface area contributed by atoms with Crippen molar-refractivity contribution in [3.05, 3.63) is 66.4 Å². The highest BCUT2D eigenvalue weighted by molar-refractivity contribution is 5.74. The normalized spacial score (nSPS) is 10.4. The summed E-state index contributed by atoms with van der Waals surface area (Å²) in [5, 5.41) is 9.82. The molecule has 0 saturated carbocycles. The Labute approximate surface area is 146 Å². The Morgan fingerprint density at radius 1 is 1.12 bits per heavy atom. The largest absolute Gasteiger partial charge is 0.338 e. The lowest BCUT2D eigenvalue weighted by Crippen LogP contribution is -2.36. The van der Waals surface area contributed by atoms with Crippen molar-refractivity contribution in [2.45, 2.75) is 13.0 Å². The van der Waals surface area contributed by atoms with E-state index in [1.54, 1.807) is 23.3 Å². The maximum Gasteiger partial charge on any atom is 0.315 e. The molecule has 0 aliphatic rings. The maximum absolute atomic E-state index is 12.0. The summed E-state index contributed by atoms with van der Waals surface area (Å²) < 4.78 is 1.71. The van der Waals surface area contributed by atoms with Crippen LogP contribution in [0, 0.1) is 0 Å². The average Bonchev–Trinajstić information content (AvgIpc) is 3.07. The van der Waals surface area contributed by atoms with Gasteiger partial charge in [0.25, 0.3) is 0 Å². The van der Waals surface area contributed by atoms with E-state index in [0.29, 0.717) is 18.8 Å². The van der Waals surface area contributed by atoms with E-state index in [0.717, 1.165) is 17.7 Å². The van der Waals surface area contributed by atoms with Crippen molar-refractivity contribution in [2.24, 2.45) is 7.05 Å². The van der Waals surface area contributed by atoms with Crippen molar-refractivity contribution in [3.8, 4) is 11.3 Å². The molecule has 1 aromatic carbocycles. The molecule has 0 aliphatic carbocycles. The molecular formula is C18H20N6O. The minimum Gasteiger partial charge on any atom is -0.338 e. The number of carbonyl (C=O) groups excluding carboxylic acids is 1. The fourth-order valence-corrected chi connectivity index (χ4v) is 2.47. The number of benzene rings is 1. The summed E-state index contributed by atoms with van der Waals surface area (Å²) in [5.74, 6) is 0. The summed E-state index contributed by atoms with van der Waals surface area (Å²) in [6, 6.07) is 9.81. The van der Waals surface area contributed by atoms with Gasteiger partial charge in [0.05, 0.1) is 24.1 Å². The van der Waals surface area contributed by atoms with Crippen LogP contribution in [0.25, 0.3) is 11.3 Å². The van der Waals surface area contributed by atoms with Gasteiger partial charge in [-0.3, -0.25) is 14.6 Å². The summed E-state index contributed by atoms with van der Waals surface area (Å²) in [5.41, 5.74) is 3.49. The number of rotatable bonds is 6. The quantitative estimate of drug-likeness (QED) is 0.720. The first-order valence-electron chi connectivity index (χ1n) is 8.07. The van der Waals surface area contributed by atoms with Gasteiger partial charge in [0, 0.05) is 37.7 Å². The van der Waals surface area contributed by atoms with Gasteiger partial charge in [-0.2, -0.15) is 5.10 Å². The van der Waals surface area contributed by atoms with Crippen LogP contribution in [0.3, 0.4) is 0 Å². The molecule has 0 radical (unpaired) electrons. The number of nitrogens with zero attached hydrogens (tertiary/aromatic N) is 4. The number of aromatic nitrogens is 4. The molecule has 0 unspecified atom stereocenters. The predicted molar refractivity (Wildman–Crippen MR) is 94.6 cm³/mol. The monoisotopic (exact) mass is 336 g/mol. The van der Waals surface area contributed by atoms with Crippen LogP contribution >= 0.6 is 0 Å². The number of hydrogen-bond acceptors (Lipinski definition) is 4. The molecule has 2 amide bonds. The van der Waals surface area contributed by atoms with Gasteiger partial charge >= 0.3 is 6.03 Å². The molecule has 2 heterocycles. The van der Waals surface area contributed by atoms with Gasteiger partial charge in [-0.05, 0) is 12.0 Å². The number of hydrogen-bond donors (Lipinski definition) is 2. The lowest BCUT2D eigenvalue weighted by molar-refractivity contribution is 0.240. The van der Waals surface area contributed by atoms with Crippen LogP contribution < -0.4 is 10.6 Å². The van der Waals surface area contributed by atoms with Crippen LogP contribution in [0.15, 0.2) is 55.1 Å². The first-order chi connectivity index (χ1) is 12.2. The molecule has 3 rings (SSSR count). The van der Waals surface area contributed by atoms with E-state index in [2.05, 4.69) is 25.7 Å². The van der Waals surface area contributed by atoms with Crippen LogP contribution in [0.1, 0.15) is 11.3 Å². The summed E-state index contributed by atoms with van der Waals surface area (Å²) >= 11 is 0. The van der Waals surface area contributed by atoms with E-state index in [4.69, 9.17) is 0 Å². The molecule has 0 atom stereocenters. The summed E-state index contributed by atoms with van der Waals surface area (Å²) in [7, 11) is 1.85. The van der Waals surface area contributed by atoms with E-state index in [1.165, 1.54) is 5.56 Å². The highest BCUT2D eigenvalue weighted by atomic mass is 16.2. The molecule has 128 valence electrons. The fraction of sp³-hybridized carbons (Fsp3) is 0.222. The Morgan fingerprint density at radius 3 is 2.68 bits per heavy atom. The Hall–Kier alpha value is -3.22. The van der Waals surface area contributed by atoms with Gasteiger partial charge in [-0.1, -0.05) is 30.3 Å². The second-order valence-electron chi connectivity index (χ2n) is 5.60. The van der Waals surface area contributed by atoms with Crippen molar-refractivity contribution in [3.63, 3.8) is 0 Å². The molecule has 0 fully saturated rings. The summed E-state index contributed by atoms with van der Waals surface area (Å²) in [6.07, 6.45) is 7.64. The van der Waals surface area contributed by atoms with Gasteiger partial charge in [0.15, 0.2) is 0 Å². The van der Waals surface area contributed by atoms with Crippen LogP contribution in [-0.4, -0.2) is 32.3 Å². The SMILES string of the molecule is Cn1cc(-c2nccnc2CNC(=O)NCCc2ccccc2)cn1. The highest BCUT2D eigenvalue weighted by Crippen LogP contribution is 2.18. The second kappa shape index (κ2) is 8.05. The molecule has 7 heteroatoms. The maximum atomic E-state index is 12.0. The van der Waals surface area contributed by atoms with E-state index < -0.39 is 0 Å². The number of nitrogens with one attached hydrogen (secondary N) is 2. The Kier molecular flexibility index (Phi) is 5.36. The van der Waals surface area contributed by atoms with Crippen LogP contribution in [0.4, 0.5) is 4.79 Å². The standard InChI is InChI=1S/C18H20N6O/c1-24-13-15(11-23-24)17-16(19-9-10-20-17)12-22-18(25)21-8-7-14-5-3-2-4-6-14/h2-6,9-11,13H,7-8,12H2,1H3,(H2,21,22,25). The molecule has 0 saturated heterocycles. The zero-order valence-corrected chi connectivity index (χ0v) is 14.0. The van der Waals surface area contributed by atoms with Crippen LogP contribution in [-0.2, 0) is 20.0 Å². The van der Waals surface area contributed by atoms with Gasteiger partial charge in [0.2, 0.25) is 0 Å². The van der Waals surface area contributed by atoms with Gasteiger partial charge in [-0.15, -0.1) is 0 Å². The minimum absolute atomic E-state index is 0.223. The Balaban J connectivity index is 1.52. The van der Waals surface area contributed by atoms with Crippen LogP contribution in [0.5, 0.6) is 0 Å². The number of amides is 2. The molecule has 0 bridgehead atoms. The van der Waals surface area contributed by atoms with E-state index in [-0.39, 0.29) is 6.03 Å². The van der Waals surface area contributed by atoms with Crippen molar-refractivity contribution in [1.29, 1.82) is 0 Å². The molecule has 0 aliphatic heterocycles. The topological polar surface area (TPSA) is 84.7 Å². The lowest BCUT2D eigenvalue weighted by Gasteiger charge is -2.09. The van der Waals surface area contributed by atoms with Gasteiger partial charge < -0.3 is 10.6 Å². The van der Waals surface area contributed by atoms with Crippen LogP contribution in [0.2, 0.25) is 0 Å². The second-order valence-corrected chi connectivity index (χ2v) is 5.60. The number of carbonyl (C=O) groups is 1. The first kappa shape index (κ1) is 16.6. The molecule has 7 nitrogen and oxygen atoms in total. The highest BCUT2D eigenvalue weighted by Gasteiger charge is 2.10. The van der Waals surface area contributed by atoms with Crippen molar-refractivity contribution in [1.82, 2.24) is 30.4 Å². The molecule has 0 spiro atoms. The van der Waals surface area contributed by atoms with Gasteiger partial charge in [0.1, 0.15) is 0 Å². The zero-order valence-electron chi connectivity index (χ0n) is 14.0. The van der Waals surface area contributed by atoms with E-state index in [1.807, 2.05) is 43.6 Å². The molecular weight excluding hydrogens is 316 g/mol. The average molecular weight is 336 g/mol. The third-order valence-corrected chi connectivity index (χ3v) is 3.71. The van der Waals surface area contributed by atoms with Gasteiger partial charge in [-0.25, -0.2) is 4.79 Å².